The van der Waals surface area contributed by atoms with E-state index in [0.717, 1.165) is 25.7 Å². The van der Waals surface area contributed by atoms with E-state index in [1.54, 1.807) is 6.92 Å². The number of carbonyl (C=O) groups is 2. The van der Waals surface area contributed by atoms with Crippen LogP contribution in [0.1, 0.15) is 72.6 Å². The summed E-state index contributed by atoms with van der Waals surface area (Å²) in [6.07, 6.45) is 5.40. The monoisotopic (exact) mass is 434 g/mol. The molecule has 0 spiro atoms. The molecule has 4 rings (SSSR count). The molecule has 174 valence electrons. The van der Waals surface area contributed by atoms with Crippen molar-refractivity contribution in [2.24, 2.45) is 28.6 Å². The zero-order valence-electron chi connectivity index (χ0n) is 19.4. The summed E-state index contributed by atoms with van der Waals surface area (Å²) in [5.74, 6) is 0.387. The first-order valence-electron chi connectivity index (χ1n) is 12.0. The molecule has 0 aliphatic heterocycles. The van der Waals surface area contributed by atoms with Crippen LogP contribution >= 0.6 is 0 Å². The second-order valence-corrected chi connectivity index (χ2v) is 10.7. The van der Waals surface area contributed by atoms with E-state index >= 15 is 0 Å². The third kappa shape index (κ3) is 3.45. The molecule has 0 aromatic carbocycles. The van der Waals surface area contributed by atoms with Gasteiger partial charge in [0.05, 0.1) is 6.10 Å². The first-order valence-corrected chi connectivity index (χ1v) is 12.0. The van der Waals surface area contributed by atoms with Gasteiger partial charge in [-0.1, -0.05) is 19.4 Å². The summed E-state index contributed by atoms with van der Waals surface area (Å²) < 4.78 is 10.9. The van der Waals surface area contributed by atoms with E-state index in [9.17, 15) is 19.8 Å². The fourth-order valence-corrected chi connectivity index (χ4v) is 7.75. The van der Waals surface area contributed by atoms with Crippen molar-refractivity contribution in [1.82, 2.24) is 0 Å². The molecule has 0 saturated heterocycles. The second-order valence-electron chi connectivity index (χ2n) is 10.7. The number of carbonyl (C=O) groups excluding carboxylic acids is 2. The van der Waals surface area contributed by atoms with Crippen LogP contribution in [-0.4, -0.2) is 53.0 Å². The zero-order valence-corrected chi connectivity index (χ0v) is 19.4. The molecule has 0 aromatic heterocycles. The molecule has 6 heteroatoms. The Labute approximate surface area is 185 Å². The van der Waals surface area contributed by atoms with Gasteiger partial charge in [-0.05, 0) is 81.6 Å². The number of ether oxygens (including phenoxy) is 2. The Morgan fingerprint density at radius 2 is 1.97 bits per heavy atom. The van der Waals surface area contributed by atoms with Gasteiger partial charge in [0.2, 0.25) is 0 Å². The van der Waals surface area contributed by atoms with Gasteiger partial charge >= 0.3 is 0 Å². The lowest BCUT2D eigenvalue weighted by Crippen LogP contribution is -2.62. The smallest absolute Gasteiger partial charge is 0.190 e. The van der Waals surface area contributed by atoms with E-state index in [0.29, 0.717) is 25.9 Å². The Morgan fingerprint density at radius 3 is 2.68 bits per heavy atom. The van der Waals surface area contributed by atoms with Crippen molar-refractivity contribution in [3.8, 4) is 0 Å². The number of hydrogen-bond donors (Lipinski definition) is 2. The first kappa shape index (κ1) is 23.1. The van der Waals surface area contributed by atoms with Crippen molar-refractivity contribution in [3.05, 3.63) is 11.6 Å². The van der Waals surface area contributed by atoms with E-state index in [4.69, 9.17) is 9.47 Å². The van der Waals surface area contributed by atoms with Crippen LogP contribution in [0.4, 0.5) is 0 Å². The normalized spacial score (nSPS) is 45.4. The van der Waals surface area contributed by atoms with Crippen molar-refractivity contribution in [2.75, 3.05) is 13.2 Å². The SMILES string of the molecule is CCOC(C)OCC(=O)[C@@]1(O)CC[C@H]2[C@@H]3CCC4=CC(=O)CC[C@]4(C)[C@H]3[C@@H](O)C[C@@]21C. The maximum Gasteiger partial charge on any atom is 0.190 e. The van der Waals surface area contributed by atoms with Gasteiger partial charge in [0.25, 0.3) is 0 Å². The molecule has 3 fully saturated rings. The predicted octanol–water partition coefficient (Wildman–Crippen LogP) is 3.19. The molecule has 3 saturated carbocycles. The molecule has 6 nitrogen and oxygen atoms in total. The van der Waals surface area contributed by atoms with Crippen LogP contribution in [0.25, 0.3) is 0 Å². The minimum atomic E-state index is -1.49. The molecule has 1 unspecified atom stereocenters. The molecular formula is C25H38O6. The summed E-state index contributed by atoms with van der Waals surface area (Å²) >= 11 is 0. The summed E-state index contributed by atoms with van der Waals surface area (Å²) in [6.45, 7) is 8.13. The van der Waals surface area contributed by atoms with Crippen LogP contribution in [-0.2, 0) is 19.1 Å². The number of hydrogen-bond acceptors (Lipinski definition) is 6. The van der Waals surface area contributed by atoms with E-state index in [-0.39, 0.29) is 41.3 Å². The summed E-state index contributed by atoms with van der Waals surface area (Å²) in [4.78, 5) is 25.2. The third-order valence-electron chi connectivity index (χ3n) is 9.36. The molecule has 0 radical (unpaired) electrons. The zero-order chi connectivity index (χ0) is 22.6. The summed E-state index contributed by atoms with van der Waals surface area (Å²) in [7, 11) is 0. The van der Waals surface area contributed by atoms with E-state index in [1.165, 1.54) is 5.57 Å². The standard InChI is InChI=1S/C25H38O6/c1-5-30-15(2)31-14-21(28)25(29)11-9-19-18-7-6-16-12-17(26)8-10-23(16,3)22(18)20(27)13-24(19,25)4/h12,15,18-20,22,27,29H,5-11,13-14H2,1-4H3/t15?,18-,19-,20-,22+,23-,24-,25-/m0/s1. The Morgan fingerprint density at radius 1 is 1.23 bits per heavy atom. The highest BCUT2D eigenvalue weighted by Gasteiger charge is 2.68. The van der Waals surface area contributed by atoms with Gasteiger partial charge in [-0.25, -0.2) is 0 Å². The second kappa shape index (κ2) is 8.05. The van der Waals surface area contributed by atoms with Crippen molar-refractivity contribution < 1.29 is 29.3 Å². The van der Waals surface area contributed by atoms with E-state index < -0.39 is 23.4 Å². The van der Waals surface area contributed by atoms with Gasteiger partial charge in [0.1, 0.15) is 12.2 Å². The van der Waals surface area contributed by atoms with Crippen molar-refractivity contribution >= 4 is 11.6 Å². The lowest BCUT2D eigenvalue weighted by atomic mass is 9.45. The van der Waals surface area contributed by atoms with Gasteiger partial charge in [-0.3, -0.25) is 9.59 Å². The minimum absolute atomic E-state index is 0.0744. The topological polar surface area (TPSA) is 93.1 Å². The highest BCUT2D eigenvalue weighted by molar-refractivity contribution is 5.92. The van der Waals surface area contributed by atoms with Crippen LogP contribution in [0.2, 0.25) is 0 Å². The predicted molar refractivity (Wildman–Crippen MR) is 115 cm³/mol. The number of allylic oxidation sites excluding steroid dienone is 1. The quantitative estimate of drug-likeness (QED) is 0.624. The largest absolute Gasteiger partial charge is 0.393 e. The van der Waals surface area contributed by atoms with E-state index in [2.05, 4.69) is 6.92 Å². The van der Waals surface area contributed by atoms with Crippen molar-refractivity contribution in [1.29, 1.82) is 0 Å². The summed E-state index contributed by atoms with van der Waals surface area (Å²) in [5, 5.41) is 23.1. The fourth-order valence-electron chi connectivity index (χ4n) is 7.75. The first-order chi connectivity index (χ1) is 14.6. The summed E-state index contributed by atoms with van der Waals surface area (Å²) in [6, 6.07) is 0. The maximum atomic E-state index is 13.2. The number of aliphatic hydroxyl groups excluding tert-OH is 1. The molecule has 0 bridgehead atoms. The average Bonchev–Trinajstić information content (AvgIpc) is 2.98. The highest BCUT2D eigenvalue weighted by Crippen LogP contribution is 2.67. The average molecular weight is 435 g/mol. The molecule has 4 aliphatic rings. The highest BCUT2D eigenvalue weighted by atomic mass is 16.7. The van der Waals surface area contributed by atoms with Crippen molar-refractivity contribution in [3.63, 3.8) is 0 Å². The molecule has 0 heterocycles. The Kier molecular flexibility index (Phi) is 6.00. The Bertz CT molecular complexity index is 776. The molecule has 4 aliphatic carbocycles. The number of aliphatic hydroxyl groups is 2. The maximum absolute atomic E-state index is 13.2. The van der Waals surface area contributed by atoms with Crippen LogP contribution in [0.3, 0.4) is 0 Å². The third-order valence-corrected chi connectivity index (χ3v) is 9.36. The van der Waals surface area contributed by atoms with Gasteiger partial charge in [0.15, 0.2) is 17.9 Å². The molecule has 0 amide bonds. The van der Waals surface area contributed by atoms with Crippen LogP contribution in [0.15, 0.2) is 11.6 Å². The van der Waals surface area contributed by atoms with Gasteiger partial charge < -0.3 is 19.7 Å². The van der Waals surface area contributed by atoms with Gasteiger partial charge in [-0.2, -0.15) is 0 Å². The number of rotatable bonds is 6. The van der Waals surface area contributed by atoms with Crippen molar-refractivity contribution in [2.45, 2.75) is 90.6 Å². The van der Waals surface area contributed by atoms with Crippen LogP contribution in [0.5, 0.6) is 0 Å². The lowest BCUT2D eigenvalue weighted by Gasteiger charge is -2.60. The molecular weight excluding hydrogens is 396 g/mol. The molecule has 8 atom stereocenters. The van der Waals surface area contributed by atoms with Gasteiger partial charge in [0, 0.05) is 18.4 Å². The van der Waals surface area contributed by atoms with E-state index in [1.807, 2.05) is 19.9 Å². The minimum Gasteiger partial charge on any atom is -0.393 e. The van der Waals surface area contributed by atoms with Crippen LogP contribution < -0.4 is 0 Å². The fraction of sp³-hybridized carbons (Fsp3) is 0.840. The van der Waals surface area contributed by atoms with Crippen LogP contribution in [0, 0.1) is 28.6 Å². The number of fused-ring (bicyclic) bond motifs is 5. The number of Topliss-reactive ketones (excluding diaryl/α,β-unsaturated/α-hetero) is 1. The Hall–Kier alpha value is -1.08. The number of ketones is 2. The Balaban J connectivity index is 1.58. The van der Waals surface area contributed by atoms with Gasteiger partial charge in [-0.15, -0.1) is 0 Å². The molecule has 0 aromatic rings. The lowest BCUT2D eigenvalue weighted by molar-refractivity contribution is -0.190. The summed E-state index contributed by atoms with van der Waals surface area (Å²) in [5.41, 5.74) is -1.14. The molecule has 2 N–H and O–H groups in total. The molecule has 31 heavy (non-hydrogen) atoms.